The lowest BCUT2D eigenvalue weighted by atomic mass is 9.96. The largest absolute Gasteiger partial charge is 0.480 e. The van der Waals surface area contributed by atoms with Crippen LogP contribution in [0, 0.1) is 0 Å². The number of rotatable bonds is 4. The topological polar surface area (TPSA) is 139 Å². The third kappa shape index (κ3) is 3.12. The Morgan fingerprint density at radius 1 is 1.53 bits per heavy atom. The van der Waals surface area contributed by atoms with Gasteiger partial charge in [-0.15, -0.1) is 0 Å². The van der Waals surface area contributed by atoms with Crippen LogP contribution in [0.4, 0.5) is 0 Å². The molecule has 0 saturated carbocycles. The van der Waals surface area contributed by atoms with E-state index in [1.54, 1.807) is 0 Å². The van der Waals surface area contributed by atoms with Crippen LogP contribution in [0.2, 0.25) is 0 Å². The molecule has 0 bridgehead atoms. The van der Waals surface area contributed by atoms with Crippen LogP contribution in [0.25, 0.3) is 0 Å². The zero-order valence-electron chi connectivity index (χ0n) is 9.28. The summed E-state index contributed by atoms with van der Waals surface area (Å²) >= 11 is 0. The summed E-state index contributed by atoms with van der Waals surface area (Å²) in [5.41, 5.74) is 0. The number of hydrogen-bond acceptors (Lipinski definition) is 7. The fourth-order valence-electron chi connectivity index (χ4n) is 1.43. The number of aliphatic carboxylic acids is 1. The monoisotopic (exact) mass is 251 g/mol. The average molecular weight is 251 g/mol. The Hall–Kier alpha value is -0.770. The maximum atomic E-state index is 10.5. The van der Waals surface area contributed by atoms with Gasteiger partial charge in [-0.1, -0.05) is 0 Å². The zero-order chi connectivity index (χ0) is 13.2. The van der Waals surface area contributed by atoms with Gasteiger partial charge in [-0.25, -0.2) is 0 Å². The Morgan fingerprint density at radius 2 is 2.12 bits per heavy atom. The summed E-state index contributed by atoms with van der Waals surface area (Å²) in [7, 11) is 0. The van der Waals surface area contributed by atoms with Gasteiger partial charge < -0.3 is 30.3 Å². The molecule has 5 atom stereocenters. The summed E-state index contributed by atoms with van der Waals surface area (Å²) in [6.45, 7) is 0.620. The highest BCUT2D eigenvalue weighted by Crippen LogP contribution is 2.23. The van der Waals surface area contributed by atoms with Crippen LogP contribution in [0.5, 0.6) is 0 Å². The number of carbonyl (C=O) groups is 1. The smallest absolute Gasteiger partial charge is 0.320 e. The highest BCUT2D eigenvalue weighted by Gasteiger charge is 2.48. The SMILES string of the molecule is CC(NCC1(O)OCC(O)C(O)C1O)C(=O)O. The van der Waals surface area contributed by atoms with Crippen molar-refractivity contribution in [3.63, 3.8) is 0 Å². The van der Waals surface area contributed by atoms with Crippen molar-refractivity contribution in [3.8, 4) is 0 Å². The van der Waals surface area contributed by atoms with Gasteiger partial charge in [0, 0.05) is 0 Å². The van der Waals surface area contributed by atoms with Crippen molar-refractivity contribution in [2.45, 2.75) is 37.1 Å². The molecule has 0 aliphatic carbocycles. The van der Waals surface area contributed by atoms with E-state index in [9.17, 15) is 25.2 Å². The van der Waals surface area contributed by atoms with Crippen LogP contribution in [0.1, 0.15) is 6.92 Å². The van der Waals surface area contributed by atoms with Crippen LogP contribution in [-0.4, -0.2) is 74.8 Å². The molecule has 1 heterocycles. The molecule has 8 heteroatoms. The molecular weight excluding hydrogens is 234 g/mol. The van der Waals surface area contributed by atoms with E-state index >= 15 is 0 Å². The summed E-state index contributed by atoms with van der Waals surface area (Å²) in [6, 6.07) is -0.946. The number of aliphatic hydroxyl groups excluding tert-OH is 3. The molecule has 1 aliphatic heterocycles. The minimum atomic E-state index is -2.12. The van der Waals surface area contributed by atoms with E-state index in [0.717, 1.165) is 0 Å². The van der Waals surface area contributed by atoms with Crippen LogP contribution in [-0.2, 0) is 9.53 Å². The Balaban J connectivity index is 2.59. The van der Waals surface area contributed by atoms with Crippen LogP contribution >= 0.6 is 0 Å². The molecule has 1 fully saturated rings. The van der Waals surface area contributed by atoms with Crippen molar-refractivity contribution in [2.75, 3.05) is 13.2 Å². The van der Waals surface area contributed by atoms with Gasteiger partial charge in [0.2, 0.25) is 5.79 Å². The van der Waals surface area contributed by atoms with E-state index in [0.29, 0.717) is 0 Å². The normalized spacial score (nSPS) is 39.9. The molecule has 100 valence electrons. The summed E-state index contributed by atoms with van der Waals surface area (Å²) in [6.07, 6.45) is -4.56. The third-order valence-corrected chi connectivity index (χ3v) is 2.72. The predicted molar refractivity (Wildman–Crippen MR) is 54.0 cm³/mol. The van der Waals surface area contributed by atoms with E-state index < -0.39 is 36.1 Å². The molecule has 0 aromatic rings. The van der Waals surface area contributed by atoms with Crippen molar-refractivity contribution in [3.05, 3.63) is 0 Å². The van der Waals surface area contributed by atoms with Gasteiger partial charge >= 0.3 is 5.97 Å². The Morgan fingerprint density at radius 3 is 2.65 bits per heavy atom. The fourth-order valence-corrected chi connectivity index (χ4v) is 1.43. The van der Waals surface area contributed by atoms with Crippen molar-refractivity contribution >= 4 is 5.97 Å². The molecule has 5 unspecified atom stereocenters. The molecule has 17 heavy (non-hydrogen) atoms. The molecule has 6 N–H and O–H groups in total. The fraction of sp³-hybridized carbons (Fsp3) is 0.889. The lowest BCUT2D eigenvalue weighted by molar-refractivity contribution is -0.318. The lowest BCUT2D eigenvalue weighted by Crippen LogP contribution is -2.65. The summed E-state index contributed by atoms with van der Waals surface area (Å²) < 4.78 is 4.83. The number of carboxylic acids is 1. The minimum absolute atomic E-state index is 0.349. The lowest BCUT2D eigenvalue weighted by Gasteiger charge is -2.41. The van der Waals surface area contributed by atoms with Crippen molar-refractivity contribution in [1.29, 1.82) is 0 Å². The van der Waals surface area contributed by atoms with Gasteiger partial charge in [-0.2, -0.15) is 0 Å². The van der Waals surface area contributed by atoms with Crippen LogP contribution < -0.4 is 5.32 Å². The second kappa shape index (κ2) is 5.25. The number of hydrogen-bond donors (Lipinski definition) is 6. The second-order valence-corrected chi connectivity index (χ2v) is 4.10. The molecule has 1 saturated heterocycles. The quantitative estimate of drug-likeness (QED) is 0.308. The van der Waals surface area contributed by atoms with E-state index in [-0.39, 0.29) is 13.2 Å². The van der Waals surface area contributed by atoms with E-state index in [1.165, 1.54) is 6.92 Å². The highest BCUT2D eigenvalue weighted by molar-refractivity contribution is 5.72. The van der Waals surface area contributed by atoms with Gasteiger partial charge in [-0.3, -0.25) is 10.1 Å². The van der Waals surface area contributed by atoms with Crippen LogP contribution in [0.15, 0.2) is 0 Å². The first-order valence-electron chi connectivity index (χ1n) is 5.14. The Bertz CT molecular complexity index is 287. The standard InChI is InChI=1S/C9H17NO7/c1-4(8(14)15)10-3-9(16)7(13)6(12)5(11)2-17-9/h4-7,10-13,16H,2-3H2,1H3,(H,14,15). The van der Waals surface area contributed by atoms with E-state index in [4.69, 9.17) is 9.84 Å². The van der Waals surface area contributed by atoms with Gasteiger partial charge in [0.25, 0.3) is 0 Å². The molecule has 0 aromatic heterocycles. The Labute approximate surface area is 97.4 Å². The first-order chi connectivity index (χ1) is 7.78. The van der Waals surface area contributed by atoms with Gasteiger partial charge in [0.15, 0.2) is 0 Å². The number of carboxylic acid groups (broad SMARTS) is 1. The van der Waals surface area contributed by atoms with Crippen molar-refractivity contribution in [1.82, 2.24) is 5.32 Å². The number of nitrogens with one attached hydrogen (secondary N) is 1. The van der Waals surface area contributed by atoms with Gasteiger partial charge in [-0.05, 0) is 6.92 Å². The molecule has 0 aromatic carbocycles. The highest BCUT2D eigenvalue weighted by atomic mass is 16.6. The maximum absolute atomic E-state index is 10.5. The van der Waals surface area contributed by atoms with Crippen molar-refractivity contribution < 1.29 is 35.1 Å². The molecule has 0 radical (unpaired) electrons. The molecule has 8 nitrogen and oxygen atoms in total. The molecule has 0 amide bonds. The summed E-state index contributed by atoms with van der Waals surface area (Å²) in [4.78, 5) is 10.5. The maximum Gasteiger partial charge on any atom is 0.320 e. The van der Waals surface area contributed by atoms with E-state index in [2.05, 4.69) is 5.32 Å². The molecule has 1 rings (SSSR count). The third-order valence-electron chi connectivity index (χ3n) is 2.72. The summed E-state index contributed by atoms with van der Waals surface area (Å²) in [5.74, 6) is -3.25. The van der Waals surface area contributed by atoms with Gasteiger partial charge in [0.05, 0.1) is 13.2 Å². The Kier molecular flexibility index (Phi) is 4.42. The minimum Gasteiger partial charge on any atom is -0.480 e. The first-order valence-corrected chi connectivity index (χ1v) is 5.14. The molecular formula is C9H17NO7. The molecule has 0 spiro atoms. The number of ether oxygens (including phenoxy) is 1. The average Bonchev–Trinajstić information content (AvgIpc) is 2.29. The summed E-state index contributed by atoms with van der Waals surface area (Å²) in [5, 5.41) is 49.0. The van der Waals surface area contributed by atoms with E-state index in [1.807, 2.05) is 0 Å². The first kappa shape index (κ1) is 14.3. The number of aliphatic hydroxyl groups is 4. The zero-order valence-corrected chi connectivity index (χ0v) is 9.28. The van der Waals surface area contributed by atoms with Crippen LogP contribution in [0.3, 0.4) is 0 Å². The van der Waals surface area contributed by atoms with Crippen molar-refractivity contribution in [2.24, 2.45) is 0 Å². The predicted octanol–water partition coefficient (Wildman–Crippen LogP) is -3.15. The second-order valence-electron chi connectivity index (χ2n) is 4.10. The van der Waals surface area contributed by atoms with Gasteiger partial charge in [0.1, 0.15) is 24.4 Å². The molecule has 1 aliphatic rings.